The monoisotopic (exact) mass is 293 g/mol. The topological polar surface area (TPSA) is 12.9 Å². The van der Waals surface area contributed by atoms with Crippen molar-refractivity contribution in [1.29, 1.82) is 0 Å². The molecule has 17 heavy (non-hydrogen) atoms. The third kappa shape index (κ3) is 2.51. The quantitative estimate of drug-likeness (QED) is 0.675. The Labute approximate surface area is 111 Å². The molecule has 1 aromatic heterocycles. The summed E-state index contributed by atoms with van der Waals surface area (Å²) in [5.41, 5.74) is 0.576. The van der Waals surface area contributed by atoms with Gasteiger partial charge in [0.05, 0.1) is 15.7 Å². The Balaban J connectivity index is 2.60. The SMILES string of the molecule is Fc1ccc(-c2nc(Cl)c(Cl)cc2Cl)cc1F. The fourth-order valence-corrected chi connectivity index (χ4v) is 1.90. The zero-order chi connectivity index (χ0) is 12.6. The van der Waals surface area contributed by atoms with Crippen molar-refractivity contribution in [1.82, 2.24) is 4.98 Å². The molecule has 2 rings (SSSR count). The summed E-state index contributed by atoms with van der Waals surface area (Å²) in [5, 5.41) is 0.462. The molecule has 0 amide bonds. The summed E-state index contributed by atoms with van der Waals surface area (Å²) in [7, 11) is 0. The summed E-state index contributed by atoms with van der Waals surface area (Å²) >= 11 is 17.4. The van der Waals surface area contributed by atoms with Crippen LogP contribution in [0.25, 0.3) is 11.3 Å². The molecule has 6 heteroatoms. The van der Waals surface area contributed by atoms with Crippen molar-refractivity contribution in [3.05, 3.63) is 51.1 Å². The Morgan fingerprint density at radius 1 is 0.882 bits per heavy atom. The van der Waals surface area contributed by atoms with Gasteiger partial charge < -0.3 is 0 Å². The van der Waals surface area contributed by atoms with E-state index < -0.39 is 11.6 Å². The van der Waals surface area contributed by atoms with Crippen molar-refractivity contribution < 1.29 is 8.78 Å². The predicted octanol–water partition coefficient (Wildman–Crippen LogP) is 4.99. The van der Waals surface area contributed by atoms with Gasteiger partial charge in [0.15, 0.2) is 11.6 Å². The Morgan fingerprint density at radius 3 is 2.24 bits per heavy atom. The molecule has 0 aliphatic heterocycles. The molecule has 1 heterocycles. The fourth-order valence-electron chi connectivity index (χ4n) is 1.29. The van der Waals surface area contributed by atoms with Crippen LogP contribution in [-0.4, -0.2) is 4.98 Å². The molecule has 1 aromatic carbocycles. The zero-order valence-electron chi connectivity index (χ0n) is 8.15. The number of benzene rings is 1. The van der Waals surface area contributed by atoms with E-state index >= 15 is 0 Å². The summed E-state index contributed by atoms with van der Waals surface area (Å²) in [6, 6.07) is 4.74. The van der Waals surface area contributed by atoms with E-state index in [4.69, 9.17) is 34.8 Å². The lowest BCUT2D eigenvalue weighted by Gasteiger charge is -2.06. The Hall–Kier alpha value is -0.900. The van der Waals surface area contributed by atoms with Gasteiger partial charge in [-0.3, -0.25) is 0 Å². The minimum atomic E-state index is -0.980. The molecule has 0 N–H and O–H groups in total. The molecule has 0 aliphatic rings. The van der Waals surface area contributed by atoms with Gasteiger partial charge in [0.1, 0.15) is 5.15 Å². The number of rotatable bonds is 1. The molecule has 0 spiro atoms. The molecule has 88 valence electrons. The smallest absolute Gasteiger partial charge is 0.159 e. The number of aromatic nitrogens is 1. The Kier molecular flexibility index (Phi) is 3.52. The molecule has 0 saturated heterocycles. The molecular weight excluding hydrogens is 290 g/mol. The van der Waals surface area contributed by atoms with Crippen molar-refractivity contribution in [3.63, 3.8) is 0 Å². The van der Waals surface area contributed by atoms with Gasteiger partial charge in [-0.25, -0.2) is 13.8 Å². The second-order valence-electron chi connectivity index (χ2n) is 3.22. The van der Waals surface area contributed by atoms with E-state index in [1.54, 1.807) is 0 Å². The highest BCUT2D eigenvalue weighted by Gasteiger charge is 2.12. The fraction of sp³-hybridized carbons (Fsp3) is 0. The number of pyridine rings is 1. The molecule has 0 aliphatic carbocycles. The number of hydrogen-bond donors (Lipinski definition) is 0. The van der Waals surface area contributed by atoms with Gasteiger partial charge in [0.25, 0.3) is 0 Å². The maximum atomic E-state index is 13.1. The highest BCUT2D eigenvalue weighted by atomic mass is 35.5. The molecule has 0 saturated carbocycles. The summed E-state index contributed by atoms with van der Waals surface area (Å²) in [5.74, 6) is -1.92. The van der Waals surface area contributed by atoms with Gasteiger partial charge >= 0.3 is 0 Å². The average molecular weight is 295 g/mol. The largest absolute Gasteiger partial charge is 0.233 e. The number of halogens is 5. The predicted molar refractivity (Wildman–Crippen MR) is 64.6 cm³/mol. The lowest BCUT2D eigenvalue weighted by Crippen LogP contribution is -1.90. The van der Waals surface area contributed by atoms with Crippen molar-refractivity contribution in [2.24, 2.45) is 0 Å². The van der Waals surface area contributed by atoms with Crippen molar-refractivity contribution in [3.8, 4) is 11.3 Å². The van der Waals surface area contributed by atoms with Crippen molar-refractivity contribution >= 4 is 34.8 Å². The van der Waals surface area contributed by atoms with Gasteiger partial charge in [-0.1, -0.05) is 34.8 Å². The van der Waals surface area contributed by atoms with Crippen LogP contribution in [0.4, 0.5) is 8.78 Å². The second kappa shape index (κ2) is 4.77. The first-order valence-electron chi connectivity index (χ1n) is 4.46. The third-order valence-corrected chi connectivity index (χ3v) is 3.04. The molecule has 0 atom stereocenters. The van der Waals surface area contributed by atoms with Gasteiger partial charge in [0.2, 0.25) is 0 Å². The second-order valence-corrected chi connectivity index (χ2v) is 4.39. The van der Waals surface area contributed by atoms with Crippen molar-refractivity contribution in [2.45, 2.75) is 0 Å². The maximum Gasteiger partial charge on any atom is 0.159 e. The standard InChI is InChI=1S/C11H4Cl3F2N/c12-6-4-7(13)11(14)17-10(6)5-1-2-8(15)9(16)3-5/h1-4H. The summed E-state index contributed by atoms with van der Waals surface area (Å²) in [6.07, 6.45) is 0. The molecule has 0 fully saturated rings. The van der Waals surface area contributed by atoms with E-state index in [2.05, 4.69) is 4.98 Å². The van der Waals surface area contributed by atoms with Gasteiger partial charge in [-0.15, -0.1) is 0 Å². The molecule has 0 radical (unpaired) electrons. The van der Waals surface area contributed by atoms with Crippen molar-refractivity contribution in [2.75, 3.05) is 0 Å². The van der Waals surface area contributed by atoms with E-state index in [-0.39, 0.29) is 20.9 Å². The van der Waals surface area contributed by atoms with Crippen LogP contribution < -0.4 is 0 Å². The molecule has 0 bridgehead atoms. The van der Waals surface area contributed by atoms with E-state index in [1.165, 1.54) is 12.1 Å². The first kappa shape index (κ1) is 12.6. The van der Waals surface area contributed by atoms with E-state index in [0.29, 0.717) is 5.56 Å². The van der Waals surface area contributed by atoms with Crippen LogP contribution in [0.2, 0.25) is 15.2 Å². The molecule has 2 aromatic rings. The molecule has 0 unspecified atom stereocenters. The molecule has 1 nitrogen and oxygen atoms in total. The minimum Gasteiger partial charge on any atom is -0.233 e. The van der Waals surface area contributed by atoms with Crippen LogP contribution in [0.3, 0.4) is 0 Å². The lowest BCUT2D eigenvalue weighted by molar-refractivity contribution is 0.509. The maximum absolute atomic E-state index is 13.1. The average Bonchev–Trinajstić information content (AvgIpc) is 2.27. The van der Waals surface area contributed by atoms with Crippen LogP contribution in [0.5, 0.6) is 0 Å². The normalized spacial score (nSPS) is 10.6. The summed E-state index contributed by atoms with van der Waals surface area (Å²) < 4.78 is 25.9. The first-order valence-corrected chi connectivity index (χ1v) is 5.59. The van der Waals surface area contributed by atoms with Gasteiger partial charge in [-0.05, 0) is 24.3 Å². The Bertz CT molecular complexity index is 587. The third-order valence-electron chi connectivity index (χ3n) is 2.08. The summed E-state index contributed by atoms with van der Waals surface area (Å²) in [6.45, 7) is 0. The Morgan fingerprint density at radius 2 is 1.59 bits per heavy atom. The van der Waals surface area contributed by atoms with Gasteiger partial charge in [0, 0.05) is 5.56 Å². The van der Waals surface area contributed by atoms with Crippen LogP contribution in [0.15, 0.2) is 24.3 Å². The van der Waals surface area contributed by atoms with E-state index in [1.807, 2.05) is 0 Å². The molecular formula is C11H4Cl3F2N. The van der Waals surface area contributed by atoms with Crippen LogP contribution in [0.1, 0.15) is 0 Å². The number of hydrogen-bond acceptors (Lipinski definition) is 1. The van der Waals surface area contributed by atoms with Gasteiger partial charge in [-0.2, -0.15) is 0 Å². The van der Waals surface area contributed by atoms with Crippen LogP contribution in [-0.2, 0) is 0 Å². The summed E-state index contributed by atoms with van der Waals surface area (Å²) in [4.78, 5) is 3.93. The van der Waals surface area contributed by atoms with Crippen LogP contribution >= 0.6 is 34.8 Å². The highest BCUT2D eigenvalue weighted by Crippen LogP contribution is 2.32. The number of nitrogens with zero attached hydrogens (tertiary/aromatic N) is 1. The lowest BCUT2D eigenvalue weighted by atomic mass is 10.1. The first-order chi connectivity index (χ1) is 7.99. The van der Waals surface area contributed by atoms with Crippen LogP contribution in [0, 0.1) is 11.6 Å². The van der Waals surface area contributed by atoms with E-state index in [9.17, 15) is 8.78 Å². The minimum absolute atomic E-state index is 0.0517. The highest BCUT2D eigenvalue weighted by molar-refractivity contribution is 6.42. The zero-order valence-corrected chi connectivity index (χ0v) is 10.4. The van der Waals surface area contributed by atoms with E-state index in [0.717, 1.165) is 12.1 Å².